The normalized spacial score (nSPS) is 10.3. The van der Waals surface area contributed by atoms with Crippen LogP contribution in [0.25, 0.3) is 0 Å². The van der Waals surface area contributed by atoms with Crippen LogP contribution in [-0.4, -0.2) is 17.0 Å². The van der Waals surface area contributed by atoms with Crippen molar-refractivity contribution in [2.24, 2.45) is 0 Å². The summed E-state index contributed by atoms with van der Waals surface area (Å²) >= 11 is 3.31. The van der Waals surface area contributed by atoms with Gasteiger partial charge in [-0.3, -0.25) is 0 Å². The SMILES string of the molecule is CN(Cc1ccoc1)c1cc(Br)ncn1. The Morgan fingerprint density at radius 1 is 1.47 bits per heavy atom. The molecule has 0 spiro atoms. The Morgan fingerprint density at radius 2 is 2.33 bits per heavy atom. The molecule has 0 bridgehead atoms. The Balaban J connectivity index is 2.11. The summed E-state index contributed by atoms with van der Waals surface area (Å²) < 4.78 is 5.79. The first kappa shape index (κ1) is 10.2. The van der Waals surface area contributed by atoms with Crippen molar-refractivity contribution in [3.63, 3.8) is 0 Å². The van der Waals surface area contributed by atoms with E-state index in [1.807, 2.05) is 24.1 Å². The van der Waals surface area contributed by atoms with Gasteiger partial charge < -0.3 is 9.32 Å². The molecule has 0 N–H and O–H groups in total. The van der Waals surface area contributed by atoms with Crippen LogP contribution in [0, 0.1) is 0 Å². The maximum absolute atomic E-state index is 5.01. The Kier molecular flexibility index (Phi) is 3.01. The number of anilines is 1. The van der Waals surface area contributed by atoms with E-state index < -0.39 is 0 Å². The van der Waals surface area contributed by atoms with Crippen molar-refractivity contribution in [1.29, 1.82) is 0 Å². The number of hydrogen-bond acceptors (Lipinski definition) is 4. The van der Waals surface area contributed by atoms with Gasteiger partial charge in [-0.25, -0.2) is 9.97 Å². The van der Waals surface area contributed by atoms with Gasteiger partial charge in [-0.1, -0.05) is 0 Å². The van der Waals surface area contributed by atoms with E-state index >= 15 is 0 Å². The first-order valence-corrected chi connectivity index (χ1v) is 5.25. The van der Waals surface area contributed by atoms with Gasteiger partial charge in [0.15, 0.2) is 0 Å². The first-order valence-electron chi connectivity index (χ1n) is 4.45. The van der Waals surface area contributed by atoms with Crippen LogP contribution < -0.4 is 4.90 Å². The second-order valence-electron chi connectivity index (χ2n) is 3.19. The summed E-state index contributed by atoms with van der Waals surface area (Å²) in [5.41, 5.74) is 1.12. The second-order valence-corrected chi connectivity index (χ2v) is 4.00. The molecule has 0 aliphatic heterocycles. The van der Waals surface area contributed by atoms with Gasteiger partial charge in [0, 0.05) is 25.2 Å². The monoisotopic (exact) mass is 267 g/mol. The van der Waals surface area contributed by atoms with Crippen LogP contribution in [-0.2, 0) is 6.54 Å². The van der Waals surface area contributed by atoms with Crippen molar-refractivity contribution in [2.75, 3.05) is 11.9 Å². The number of rotatable bonds is 3. The van der Waals surface area contributed by atoms with E-state index in [2.05, 4.69) is 25.9 Å². The van der Waals surface area contributed by atoms with Crippen LogP contribution in [0.5, 0.6) is 0 Å². The topological polar surface area (TPSA) is 42.2 Å². The van der Waals surface area contributed by atoms with Gasteiger partial charge in [-0.15, -0.1) is 0 Å². The molecule has 0 unspecified atom stereocenters. The first-order chi connectivity index (χ1) is 7.25. The van der Waals surface area contributed by atoms with Crippen LogP contribution in [0.15, 0.2) is 40.0 Å². The number of halogens is 1. The van der Waals surface area contributed by atoms with E-state index in [-0.39, 0.29) is 0 Å². The standard InChI is InChI=1S/C10H10BrN3O/c1-14(5-8-2-3-15-6-8)10-4-9(11)12-7-13-10/h2-4,6-7H,5H2,1H3. The Hall–Kier alpha value is -1.36. The summed E-state index contributed by atoms with van der Waals surface area (Å²) in [6, 6.07) is 3.81. The predicted octanol–water partition coefficient (Wildman–Crippen LogP) is 2.47. The Morgan fingerprint density at radius 3 is 3.00 bits per heavy atom. The zero-order chi connectivity index (χ0) is 10.7. The van der Waals surface area contributed by atoms with Gasteiger partial charge in [-0.2, -0.15) is 0 Å². The van der Waals surface area contributed by atoms with Crippen molar-refractivity contribution in [1.82, 2.24) is 9.97 Å². The van der Waals surface area contributed by atoms with Gasteiger partial charge in [0.05, 0.1) is 12.5 Å². The average Bonchev–Trinajstić information content (AvgIpc) is 2.70. The minimum absolute atomic E-state index is 0.764. The van der Waals surface area contributed by atoms with Crippen molar-refractivity contribution in [2.45, 2.75) is 6.54 Å². The van der Waals surface area contributed by atoms with Crippen molar-refractivity contribution in [3.8, 4) is 0 Å². The minimum Gasteiger partial charge on any atom is -0.472 e. The van der Waals surface area contributed by atoms with E-state index in [1.165, 1.54) is 6.33 Å². The third kappa shape index (κ3) is 2.56. The zero-order valence-electron chi connectivity index (χ0n) is 8.22. The molecule has 78 valence electrons. The highest BCUT2D eigenvalue weighted by Gasteiger charge is 2.04. The summed E-state index contributed by atoms with van der Waals surface area (Å²) in [6.07, 6.45) is 4.93. The molecule has 2 aromatic heterocycles. The van der Waals surface area contributed by atoms with E-state index in [1.54, 1.807) is 12.5 Å². The van der Waals surface area contributed by atoms with Gasteiger partial charge >= 0.3 is 0 Å². The number of hydrogen-bond donors (Lipinski definition) is 0. The van der Waals surface area contributed by atoms with Crippen molar-refractivity contribution < 1.29 is 4.42 Å². The summed E-state index contributed by atoms with van der Waals surface area (Å²) in [7, 11) is 1.97. The molecule has 2 aromatic rings. The zero-order valence-corrected chi connectivity index (χ0v) is 9.81. The van der Waals surface area contributed by atoms with Gasteiger partial charge in [0.1, 0.15) is 16.7 Å². The third-order valence-electron chi connectivity index (χ3n) is 2.01. The Labute approximate surface area is 96.1 Å². The summed E-state index contributed by atoms with van der Waals surface area (Å²) in [6.45, 7) is 0.764. The summed E-state index contributed by atoms with van der Waals surface area (Å²) in [4.78, 5) is 10.2. The van der Waals surface area contributed by atoms with Gasteiger partial charge in [-0.05, 0) is 22.0 Å². The van der Waals surface area contributed by atoms with Crippen molar-refractivity contribution >= 4 is 21.7 Å². The van der Waals surface area contributed by atoms with E-state index in [0.717, 1.165) is 22.5 Å². The number of furan rings is 1. The minimum atomic E-state index is 0.764. The molecular formula is C10H10BrN3O. The molecule has 0 aliphatic carbocycles. The maximum Gasteiger partial charge on any atom is 0.133 e. The summed E-state index contributed by atoms with van der Waals surface area (Å²) in [5.74, 6) is 0.873. The lowest BCUT2D eigenvalue weighted by atomic mass is 10.3. The fourth-order valence-corrected chi connectivity index (χ4v) is 1.57. The molecule has 2 rings (SSSR count). The number of nitrogens with zero attached hydrogens (tertiary/aromatic N) is 3. The molecule has 0 radical (unpaired) electrons. The van der Waals surface area contributed by atoms with Crippen LogP contribution in [0.2, 0.25) is 0 Å². The lowest BCUT2D eigenvalue weighted by molar-refractivity contribution is 0.563. The molecule has 4 nitrogen and oxygen atoms in total. The highest BCUT2D eigenvalue weighted by atomic mass is 79.9. The number of aromatic nitrogens is 2. The fourth-order valence-electron chi connectivity index (χ4n) is 1.27. The highest BCUT2D eigenvalue weighted by Crippen LogP contribution is 2.15. The largest absolute Gasteiger partial charge is 0.472 e. The lowest BCUT2D eigenvalue weighted by Gasteiger charge is -2.16. The van der Waals surface area contributed by atoms with E-state index in [9.17, 15) is 0 Å². The smallest absolute Gasteiger partial charge is 0.133 e. The quantitative estimate of drug-likeness (QED) is 0.802. The lowest BCUT2D eigenvalue weighted by Crippen LogP contribution is -2.17. The fraction of sp³-hybridized carbons (Fsp3) is 0.200. The molecule has 0 atom stereocenters. The molecule has 0 saturated carbocycles. The molecule has 15 heavy (non-hydrogen) atoms. The third-order valence-corrected chi connectivity index (χ3v) is 2.44. The van der Waals surface area contributed by atoms with Crippen LogP contribution in [0.3, 0.4) is 0 Å². The van der Waals surface area contributed by atoms with Gasteiger partial charge in [0.2, 0.25) is 0 Å². The molecule has 2 heterocycles. The van der Waals surface area contributed by atoms with E-state index in [4.69, 9.17) is 4.42 Å². The molecule has 0 amide bonds. The van der Waals surface area contributed by atoms with Crippen LogP contribution >= 0.6 is 15.9 Å². The van der Waals surface area contributed by atoms with Crippen LogP contribution in [0.4, 0.5) is 5.82 Å². The Bertz CT molecular complexity index is 430. The maximum atomic E-state index is 5.01. The molecule has 5 heteroatoms. The van der Waals surface area contributed by atoms with Crippen molar-refractivity contribution in [3.05, 3.63) is 41.2 Å². The molecule has 0 aromatic carbocycles. The second kappa shape index (κ2) is 4.44. The molecule has 0 fully saturated rings. The van der Waals surface area contributed by atoms with E-state index in [0.29, 0.717) is 0 Å². The predicted molar refractivity (Wildman–Crippen MR) is 60.5 cm³/mol. The van der Waals surface area contributed by atoms with Crippen LogP contribution in [0.1, 0.15) is 5.56 Å². The average molecular weight is 268 g/mol. The molecule has 0 aliphatic rings. The molecular weight excluding hydrogens is 258 g/mol. The highest BCUT2D eigenvalue weighted by molar-refractivity contribution is 9.10. The summed E-state index contributed by atoms with van der Waals surface area (Å²) in [5, 5.41) is 0. The molecule has 0 saturated heterocycles. The van der Waals surface area contributed by atoms with Gasteiger partial charge in [0.25, 0.3) is 0 Å².